The Labute approximate surface area is 171 Å². The van der Waals surface area contributed by atoms with Gasteiger partial charge in [0.2, 0.25) is 0 Å². The van der Waals surface area contributed by atoms with E-state index in [0.29, 0.717) is 0 Å². The number of rotatable bonds is 5. The highest BCUT2D eigenvalue weighted by molar-refractivity contribution is 5.80. The molecule has 0 aliphatic rings. The monoisotopic (exact) mass is 377 g/mol. The standard InChI is InChI=1S/C27H23NO/c1-27(29,23-12-6-3-7-13-23)24-18-17-22(16-15-21-10-4-2-5-11-21)25(20-24)26-14-8-9-19-28-26/h2-20,29H,1H3/b16-15+. The molecule has 0 aliphatic heterocycles. The Balaban J connectivity index is 1.80. The summed E-state index contributed by atoms with van der Waals surface area (Å²) in [7, 11) is 0. The SMILES string of the molecule is CC(O)(c1ccccc1)c1ccc(/C=C/c2ccccc2)c(-c2ccccn2)c1. The van der Waals surface area contributed by atoms with Crippen LogP contribution in [0.3, 0.4) is 0 Å². The first-order chi connectivity index (χ1) is 14.1. The summed E-state index contributed by atoms with van der Waals surface area (Å²) in [5, 5.41) is 11.3. The van der Waals surface area contributed by atoms with Gasteiger partial charge in [0, 0.05) is 11.8 Å². The van der Waals surface area contributed by atoms with E-state index in [9.17, 15) is 5.11 Å². The van der Waals surface area contributed by atoms with Crippen molar-refractivity contribution in [2.45, 2.75) is 12.5 Å². The highest BCUT2D eigenvalue weighted by atomic mass is 16.3. The molecule has 0 spiro atoms. The molecule has 0 fully saturated rings. The van der Waals surface area contributed by atoms with E-state index in [0.717, 1.165) is 33.5 Å². The molecular formula is C27H23NO. The Morgan fingerprint density at radius 2 is 1.41 bits per heavy atom. The minimum atomic E-state index is -1.09. The van der Waals surface area contributed by atoms with Crippen molar-refractivity contribution in [3.05, 3.63) is 126 Å². The van der Waals surface area contributed by atoms with Crippen LogP contribution in [0, 0.1) is 0 Å². The van der Waals surface area contributed by atoms with Crippen LogP contribution in [0.1, 0.15) is 29.2 Å². The number of hydrogen-bond acceptors (Lipinski definition) is 2. The number of nitrogens with zero attached hydrogens (tertiary/aromatic N) is 1. The van der Waals surface area contributed by atoms with Gasteiger partial charge in [-0.2, -0.15) is 0 Å². The zero-order valence-corrected chi connectivity index (χ0v) is 16.4. The van der Waals surface area contributed by atoms with E-state index in [1.807, 2.05) is 85.8 Å². The second-order valence-electron chi connectivity index (χ2n) is 7.20. The summed E-state index contributed by atoms with van der Waals surface area (Å²) in [5.41, 5.74) is 4.67. The van der Waals surface area contributed by atoms with Crippen LogP contribution in [0.4, 0.5) is 0 Å². The Kier molecular flexibility index (Phi) is 5.37. The van der Waals surface area contributed by atoms with E-state index in [2.05, 4.69) is 35.3 Å². The van der Waals surface area contributed by atoms with E-state index >= 15 is 0 Å². The zero-order chi connectivity index (χ0) is 20.1. The van der Waals surface area contributed by atoms with Crippen molar-refractivity contribution in [3.8, 4) is 11.3 Å². The van der Waals surface area contributed by atoms with E-state index in [-0.39, 0.29) is 0 Å². The van der Waals surface area contributed by atoms with E-state index in [1.54, 1.807) is 6.20 Å². The molecule has 1 heterocycles. The lowest BCUT2D eigenvalue weighted by Gasteiger charge is -2.25. The van der Waals surface area contributed by atoms with Crippen molar-refractivity contribution in [1.29, 1.82) is 0 Å². The predicted octanol–water partition coefficient (Wildman–Crippen LogP) is 6.17. The van der Waals surface area contributed by atoms with Crippen LogP contribution in [0.25, 0.3) is 23.4 Å². The summed E-state index contributed by atoms with van der Waals surface area (Å²) in [6.07, 6.45) is 5.99. The number of benzene rings is 3. The predicted molar refractivity (Wildman–Crippen MR) is 120 cm³/mol. The first-order valence-corrected chi connectivity index (χ1v) is 9.71. The Bertz CT molecular complexity index is 1100. The normalized spacial score (nSPS) is 13.3. The number of aromatic nitrogens is 1. The summed E-state index contributed by atoms with van der Waals surface area (Å²) < 4.78 is 0. The smallest absolute Gasteiger partial charge is 0.112 e. The number of pyridine rings is 1. The van der Waals surface area contributed by atoms with Gasteiger partial charge in [0.15, 0.2) is 0 Å². The average Bonchev–Trinajstić information content (AvgIpc) is 2.79. The van der Waals surface area contributed by atoms with Gasteiger partial charge in [-0.3, -0.25) is 4.98 Å². The maximum absolute atomic E-state index is 11.3. The van der Waals surface area contributed by atoms with Crippen molar-refractivity contribution >= 4 is 12.2 Å². The molecule has 29 heavy (non-hydrogen) atoms. The topological polar surface area (TPSA) is 33.1 Å². The molecule has 4 aromatic rings. The molecule has 0 amide bonds. The lowest BCUT2D eigenvalue weighted by Crippen LogP contribution is -2.22. The van der Waals surface area contributed by atoms with Gasteiger partial charge in [-0.15, -0.1) is 0 Å². The first-order valence-electron chi connectivity index (χ1n) is 9.71. The van der Waals surface area contributed by atoms with Crippen molar-refractivity contribution in [1.82, 2.24) is 4.98 Å². The molecule has 0 aliphatic carbocycles. The fourth-order valence-corrected chi connectivity index (χ4v) is 3.43. The minimum Gasteiger partial charge on any atom is -0.381 e. The fourth-order valence-electron chi connectivity index (χ4n) is 3.43. The van der Waals surface area contributed by atoms with Crippen molar-refractivity contribution < 1.29 is 5.11 Å². The molecule has 1 N–H and O–H groups in total. The maximum atomic E-state index is 11.3. The van der Waals surface area contributed by atoms with E-state index in [1.165, 1.54) is 0 Å². The molecule has 1 unspecified atom stereocenters. The van der Waals surface area contributed by atoms with Crippen LogP contribution in [0.5, 0.6) is 0 Å². The van der Waals surface area contributed by atoms with E-state index < -0.39 is 5.60 Å². The average molecular weight is 377 g/mol. The minimum absolute atomic E-state index is 0.834. The third-order valence-corrected chi connectivity index (χ3v) is 5.15. The van der Waals surface area contributed by atoms with Crippen LogP contribution in [-0.4, -0.2) is 10.1 Å². The first kappa shape index (κ1) is 18.9. The molecule has 4 rings (SSSR count). The van der Waals surface area contributed by atoms with Crippen LogP contribution in [0.15, 0.2) is 103 Å². The van der Waals surface area contributed by atoms with Gasteiger partial charge in [0.25, 0.3) is 0 Å². The third kappa shape index (κ3) is 4.18. The van der Waals surface area contributed by atoms with Crippen LogP contribution < -0.4 is 0 Å². The fraction of sp³-hybridized carbons (Fsp3) is 0.0741. The second kappa shape index (κ2) is 8.26. The largest absolute Gasteiger partial charge is 0.381 e. The molecule has 0 radical (unpaired) electrons. The summed E-state index contributed by atoms with van der Waals surface area (Å²) >= 11 is 0. The molecule has 142 valence electrons. The van der Waals surface area contributed by atoms with E-state index in [4.69, 9.17) is 0 Å². The van der Waals surface area contributed by atoms with Gasteiger partial charge in [-0.25, -0.2) is 0 Å². The number of aliphatic hydroxyl groups is 1. The molecule has 1 atom stereocenters. The highest BCUT2D eigenvalue weighted by Crippen LogP contribution is 2.33. The van der Waals surface area contributed by atoms with Gasteiger partial charge >= 0.3 is 0 Å². The number of hydrogen-bond donors (Lipinski definition) is 1. The third-order valence-electron chi connectivity index (χ3n) is 5.15. The maximum Gasteiger partial charge on any atom is 0.112 e. The van der Waals surface area contributed by atoms with Crippen LogP contribution in [-0.2, 0) is 5.60 Å². The Morgan fingerprint density at radius 3 is 2.10 bits per heavy atom. The second-order valence-corrected chi connectivity index (χ2v) is 7.20. The van der Waals surface area contributed by atoms with Crippen LogP contribution in [0.2, 0.25) is 0 Å². The summed E-state index contributed by atoms with van der Waals surface area (Å²) in [5.74, 6) is 0. The van der Waals surface area contributed by atoms with Crippen LogP contribution >= 0.6 is 0 Å². The summed E-state index contributed by atoms with van der Waals surface area (Å²) in [6.45, 7) is 1.83. The zero-order valence-electron chi connectivity index (χ0n) is 16.4. The molecular weight excluding hydrogens is 354 g/mol. The van der Waals surface area contributed by atoms with Gasteiger partial charge in [-0.1, -0.05) is 91.0 Å². The van der Waals surface area contributed by atoms with Crippen molar-refractivity contribution in [3.63, 3.8) is 0 Å². The van der Waals surface area contributed by atoms with Gasteiger partial charge in [0.1, 0.15) is 5.60 Å². The van der Waals surface area contributed by atoms with Crippen molar-refractivity contribution in [2.75, 3.05) is 0 Å². The molecule has 2 nitrogen and oxygen atoms in total. The summed E-state index contributed by atoms with van der Waals surface area (Å²) in [4.78, 5) is 4.55. The lowest BCUT2D eigenvalue weighted by molar-refractivity contribution is 0.102. The molecule has 0 saturated carbocycles. The Hall–Kier alpha value is -3.49. The van der Waals surface area contributed by atoms with Gasteiger partial charge < -0.3 is 5.11 Å². The van der Waals surface area contributed by atoms with Gasteiger partial charge in [-0.05, 0) is 47.4 Å². The van der Waals surface area contributed by atoms with Gasteiger partial charge in [0.05, 0.1) is 5.69 Å². The Morgan fingerprint density at radius 1 is 0.724 bits per heavy atom. The lowest BCUT2D eigenvalue weighted by atomic mass is 9.86. The quantitative estimate of drug-likeness (QED) is 0.422. The molecule has 2 heteroatoms. The highest BCUT2D eigenvalue weighted by Gasteiger charge is 2.26. The molecule has 0 bridgehead atoms. The molecule has 1 aromatic heterocycles. The molecule has 3 aromatic carbocycles. The summed E-state index contributed by atoms with van der Waals surface area (Å²) in [6, 6.07) is 31.9. The molecule has 0 saturated heterocycles. The van der Waals surface area contributed by atoms with Crippen molar-refractivity contribution in [2.24, 2.45) is 0 Å².